The van der Waals surface area contributed by atoms with Crippen LogP contribution >= 0.6 is 7.75 Å². The molecule has 1 unspecified atom stereocenters. The first-order chi connectivity index (χ1) is 16.1. The summed E-state index contributed by atoms with van der Waals surface area (Å²) in [6, 6.07) is -0.419. The molecule has 18 heteroatoms. The maximum Gasteiger partial charge on any atom is 1.00 e. The second-order valence-electron chi connectivity index (χ2n) is 7.78. The van der Waals surface area contributed by atoms with Gasteiger partial charge in [-0.1, -0.05) is 0 Å². The number of aliphatic hydroxyl groups excluding tert-OH is 1. The minimum Gasteiger partial charge on any atom is -0.761 e. The minimum absolute atomic E-state index is 0. The van der Waals surface area contributed by atoms with Crippen LogP contribution in [0, 0.1) is 5.92 Å². The Hall–Kier alpha value is -2.30. The van der Waals surface area contributed by atoms with E-state index in [1.165, 1.54) is 28.2 Å². The van der Waals surface area contributed by atoms with E-state index in [-0.39, 0.29) is 53.2 Å². The van der Waals surface area contributed by atoms with Crippen LogP contribution in [0.25, 0.3) is 11.2 Å². The summed E-state index contributed by atoms with van der Waals surface area (Å²) in [5, 5.41) is 13.7. The molecule has 0 aromatic carbocycles. The van der Waals surface area contributed by atoms with E-state index >= 15 is 0 Å². The molecule has 184 valence electrons. The van der Waals surface area contributed by atoms with Gasteiger partial charge in [-0.25, -0.2) is 14.8 Å². The summed E-state index contributed by atoms with van der Waals surface area (Å²) < 4.78 is 25.6. The van der Waals surface area contributed by atoms with Crippen molar-refractivity contribution in [1.29, 1.82) is 0 Å². The Balaban J connectivity index is 0.00000342. The van der Waals surface area contributed by atoms with Crippen molar-refractivity contribution in [2.24, 2.45) is 5.92 Å². The van der Waals surface area contributed by atoms with E-state index < -0.39 is 50.3 Å². The molecular formula is C17H23N9NaO7P. The third kappa shape index (κ3) is 5.59. The molecule has 0 aliphatic carbocycles. The van der Waals surface area contributed by atoms with Crippen LogP contribution < -0.4 is 51.1 Å². The maximum absolute atomic E-state index is 12.4. The van der Waals surface area contributed by atoms with Crippen molar-refractivity contribution in [1.82, 2.24) is 39.1 Å². The van der Waals surface area contributed by atoms with Gasteiger partial charge in [-0.05, 0) is 0 Å². The van der Waals surface area contributed by atoms with Gasteiger partial charge in [0.15, 0.2) is 17.4 Å². The van der Waals surface area contributed by atoms with Crippen molar-refractivity contribution in [2.75, 3.05) is 33.0 Å². The van der Waals surface area contributed by atoms with Crippen molar-refractivity contribution < 1.29 is 58.2 Å². The topological polar surface area (TPSA) is 219 Å². The third-order valence-corrected chi connectivity index (χ3v) is 6.60. The van der Waals surface area contributed by atoms with Gasteiger partial charge < -0.3 is 35.2 Å². The number of ether oxygens (including phenoxy) is 1. The number of carbonyl (C=O) groups excluding carboxylic acids is 1. The Morgan fingerprint density at radius 2 is 2.20 bits per heavy atom. The van der Waals surface area contributed by atoms with Crippen LogP contribution in [0.3, 0.4) is 0 Å². The molecule has 4 rings (SSSR count). The van der Waals surface area contributed by atoms with Gasteiger partial charge in [0.25, 0.3) is 5.56 Å². The average molecular weight is 519 g/mol. The molecule has 0 bridgehead atoms. The van der Waals surface area contributed by atoms with Crippen molar-refractivity contribution in [3.8, 4) is 0 Å². The summed E-state index contributed by atoms with van der Waals surface area (Å²) in [4.78, 5) is 51.9. The number of hydrogen-bond donors (Lipinski definition) is 4. The molecule has 16 nitrogen and oxygen atoms in total. The van der Waals surface area contributed by atoms with E-state index in [2.05, 4.69) is 25.3 Å². The SMILES string of the molecule is CN(C)C(=O)NC[C@H]1[C@@H](O)[C@H](n2cnc3c(=O)[nH]c(N)nc32)O[C@@H]1COP(=O)([O-])n1ccnc1.[Na+]. The number of fused-ring (bicyclic) bond motifs is 1. The quantitative estimate of drug-likeness (QED) is 0.171. The number of H-pyrrole nitrogens is 1. The number of nitrogens with zero attached hydrogens (tertiary/aromatic N) is 6. The van der Waals surface area contributed by atoms with Gasteiger partial charge in [0, 0.05) is 39.0 Å². The van der Waals surface area contributed by atoms with E-state index in [9.17, 15) is 24.2 Å². The molecule has 5 N–H and O–H groups in total. The van der Waals surface area contributed by atoms with Crippen molar-refractivity contribution in [3.63, 3.8) is 0 Å². The van der Waals surface area contributed by atoms with E-state index in [1.807, 2.05) is 0 Å². The Bertz CT molecular complexity index is 1280. The molecule has 35 heavy (non-hydrogen) atoms. The van der Waals surface area contributed by atoms with Gasteiger partial charge in [0.05, 0.1) is 19.0 Å². The first-order valence-corrected chi connectivity index (χ1v) is 11.5. The van der Waals surface area contributed by atoms with Crippen LogP contribution in [0.15, 0.2) is 29.8 Å². The molecule has 1 fully saturated rings. The first kappa shape index (κ1) is 27.3. The number of urea groups is 1. The molecule has 0 spiro atoms. The maximum atomic E-state index is 12.4. The zero-order valence-electron chi connectivity index (χ0n) is 19.1. The number of aromatic nitrogens is 6. The molecule has 1 saturated heterocycles. The number of imidazole rings is 2. The number of aliphatic hydroxyl groups is 1. The standard InChI is InChI=1S/C17H24N9O7P.Na/c1-24(2)17(29)20-5-9-10(6-32-34(30,31)25-4-3-19-7-25)33-15(12(9)27)26-8-21-11-13(26)22-16(18)23-14(11)28;/h3-4,7-10,12,15,27H,5-6H2,1-2H3,(H,20,29)(H,30,31)(H3,18,22,23,28);/q;+1/p-1/t9-,10-,12-,15-;/m1./s1. The predicted octanol–water partition coefficient (Wildman–Crippen LogP) is -4.92. The fraction of sp³-hybridized carbons (Fsp3) is 0.471. The number of anilines is 1. The van der Waals surface area contributed by atoms with Gasteiger partial charge in [-0.2, -0.15) is 4.98 Å². The number of nitrogens with one attached hydrogen (secondary N) is 2. The van der Waals surface area contributed by atoms with Gasteiger partial charge in [-0.15, -0.1) is 0 Å². The molecule has 1 aliphatic heterocycles. The van der Waals surface area contributed by atoms with Crippen LogP contribution in [-0.2, 0) is 13.8 Å². The van der Waals surface area contributed by atoms with E-state index in [1.54, 1.807) is 14.1 Å². The Morgan fingerprint density at radius 1 is 1.46 bits per heavy atom. The van der Waals surface area contributed by atoms with Gasteiger partial charge >= 0.3 is 35.6 Å². The molecule has 0 saturated carbocycles. The summed E-state index contributed by atoms with van der Waals surface area (Å²) in [5.41, 5.74) is 5.11. The Kier molecular flexibility index (Phi) is 8.39. The van der Waals surface area contributed by atoms with Crippen molar-refractivity contribution in [2.45, 2.75) is 18.4 Å². The van der Waals surface area contributed by atoms with Gasteiger partial charge in [0.1, 0.15) is 12.4 Å². The number of carbonyl (C=O) groups is 1. The monoisotopic (exact) mass is 519 g/mol. The number of nitrogen functional groups attached to an aromatic ring is 1. The molecule has 0 radical (unpaired) electrons. The van der Waals surface area contributed by atoms with Crippen molar-refractivity contribution in [3.05, 3.63) is 35.4 Å². The van der Waals surface area contributed by atoms with E-state index in [4.69, 9.17) is 15.0 Å². The third-order valence-electron chi connectivity index (χ3n) is 5.32. The summed E-state index contributed by atoms with van der Waals surface area (Å²) in [6.07, 6.45) is 1.47. The summed E-state index contributed by atoms with van der Waals surface area (Å²) in [5.74, 6) is -0.942. The zero-order chi connectivity index (χ0) is 24.6. The van der Waals surface area contributed by atoms with Crippen LogP contribution in [0.4, 0.5) is 10.7 Å². The molecule has 2 amide bonds. The van der Waals surface area contributed by atoms with E-state index in [0.29, 0.717) is 0 Å². The molecule has 3 aromatic rings. The fourth-order valence-corrected chi connectivity index (χ4v) is 4.44. The number of nitrogens with two attached hydrogens (primary N) is 1. The fourth-order valence-electron chi connectivity index (χ4n) is 3.56. The van der Waals surface area contributed by atoms with E-state index in [0.717, 1.165) is 10.7 Å². The predicted molar refractivity (Wildman–Crippen MR) is 114 cm³/mol. The Morgan fingerprint density at radius 3 is 2.86 bits per heavy atom. The molecular weight excluding hydrogens is 496 g/mol. The molecule has 4 heterocycles. The summed E-state index contributed by atoms with van der Waals surface area (Å²) in [6.45, 7) is -0.516. The number of aromatic amines is 1. The summed E-state index contributed by atoms with van der Waals surface area (Å²) in [7, 11) is -1.44. The van der Waals surface area contributed by atoms with Crippen LogP contribution in [0.2, 0.25) is 0 Å². The number of hydrogen-bond acceptors (Lipinski definition) is 11. The zero-order valence-corrected chi connectivity index (χ0v) is 22.0. The summed E-state index contributed by atoms with van der Waals surface area (Å²) >= 11 is 0. The van der Waals surface area contributed by atoms with Crippen LogP contribution in [0.1, 0.15) is 6.23 Å². The van der Waals surface area contributed by atoms with Crippen LogP contribution in [0.5, 0.6) is 0 Å². The number of rotatable bonds is 7. The number of amides is 2. The van der Waals surface area contributed by atoms with Crippen molar-refractivity contribution >= 4 is 30.9 Å². The molecule has 3 aromatic heterocycles. The second-order valence-corrected chi connectivity index (χ2v) is 9.44. The Labute approximate surface area is 220 Å². The largest absolute Gasteiger partial charge is 1.00 e. The molecule has 5 atom stereocenters. The normalized spacial score (nSPS) is 23.5. The second kappa shape index (κ2) is 10.8. The average Bonchev–Trinajstić information content (AvgIpc) is 3.50. The first-order valence-electron chi connectivity index (χ1n) is 10.0. The van der Waals surface area contributed by atoms with Gasteiger partial charge in [-0.3, -0.25) is 23.2 Å². The molecule has 1 aliphatic rings. The minimum atomic E-state index is -4.53. The van der Waals surface area contributed by atoms with Crippen LogP contribution in [-0.4, -0.2) is 84.3 Å². The van der Waals surface area contributed by atoms with Gasteiger partial charge in [0.2, 0.25) is 13.7 Å². The smallest absolute Gasteiger partial charge is 0.761 e.